The molecule has 0 saturated carbocycles. The number of carbonyl (C=O) groups excluding carboxylic acids is 1. The molecule has 0 aliphatic carbocycles. The van der Waals surface area contributed by atoms with E-state index in [4.69, 9.17) is 11.6 Å². The average Bonchev–Trinajstić information content (AvgIpc) is 2.52. The molecule has 1 amide bonds. The van der Waals surface area contributed by atoms with Gasteiger partial charge in [-0.2, -0.15) is 0 Å². The number of hydrogen-bond donors (Lipinski definition) is 2. The van der Waals surface area contributed by atoms with E-state index in [2.05, 4.69) is 10.6 Å². The zero-order valence-corrected chi connectivity index (χ0v) is 13.3. The van der Waals surface area contributed by atoms with Gasteiger partial charge in [0.05, 0.1) is 6.54 Å². The van der Waals surface area contributed by atoms with Crippen LogP contribution in [0.5, 0.6) is 0 Å². The Morgan fingerprint density at radius 2 is 1.87 bits per heavy atom. The van der Waals surface area contributed by atoms with E-state index >= 15 is 0 Å². The highest BCUT2D eigenvalue weighted by atomic mass is 35.5. The van der Waals surface area contributed by atoms with E-state index in [0.29, 0.717) is 17.1 Å². The number of carbonyl (C=O) groups is 1. The topological polar surface area (TPSA) is 41.1 Å². The van der Waals surface area contributed by atoms with Gasteiger partial charge >= 0.3 is 0 Å². The maximum Gasteiger partial charge on any atom is 0.234 e. The Bertz CT molecular complexity index is 677. The fraction of sp³-hybridized carbons (Fsp3) is 0.235. The summed E-state index contributed by atoms with van der Waals surface area (Å²) >= 11 is 5.79. The molecule has 0 aromatic heterocycles. The molecule has 122 valence electrons. The van der Waals surface area contributed by atoms with E-state index in [9.17, 15) is 13.6 Å². The molecule has 0 spiro atoms. The van der Waals surface area contributed by atoms with Gasteiger partial charge in [-0.05, 0) is 30.7 Å². The highest BCUT2D eigenvalue weighted by Crippen LogP contribution is 2.17. The number of halogens is 3. The molecule has 0 bridgehead atoms. The molecule has 0 unspecified atom stereocenters. The highest BCUT2D eigenvalue weighted by molar-refractivity contribution is 6.30. The molecule has 0 saturated heterocycles. The fourth-order valence-corrected chi connectivity index (χ4v) is 2.20. The van der Waals surface area contributed by atoms with Crippen LogP contribution < -0.4 is 10.6 Å². The van der Waals surface area contributed by atoms with Gasteiger partial charge < -0.3 is 10.6 Å². The Morgan fingerprint density at radius 1 is 1.17 bits per heavy atom. The molecule has 2 rings (SSSR count). The maximum absolute atomic E-state index is 13.6. The van der Waals surface area contributed by atoms with Crippen LogP contribution in [-0.2, 0) is 11.3 Å². The Morgan fingerprint density at radius 3 is 2.52 bits per heavy atom. The van der Waals surface area contributed by atoms with Crippen LogP contribution in [0.4, 0.5) is 8.78 Å². The summed E-state index contributed by atoms with van der Waals surface area (Å²) in [6.45, 7) is 2.13. The van der Waals surface area contributed by atoms with Crippen molar-refractivity contribution in [3.05, 3.63) is 70.2 Å². The van der Waals surface area contributed by atoms with Crippen LogP contribution in [0.1, 0.15) is 24.1 Å². The SMILES string of the molecule is C[C@@H](NCC(=O)NCc1ccc(Cl)cc1)c1ccc(F)cc1F. The lowest BCUT2D eigenvalue weighted by molar-refractivity contribution is -0.120. The standard InChI is InChI=1S/C17H17ClF2N2O/c1-11(15-7-6-14(19)8-16(15)20)21-10-17(23)22-9-12-2-4-13(18)5-3-12/h2-8,11,21H,9-10H2,1H3,(H,22,23)/t11-/m1/s1. The van der Waals surface area contributed by atoms with Gasteiger partial charge in [0.1, 0.15) is 11.6 Å². The first-order chi connectivity index (χ1) is 11.0. The minimum atomic E-state index is -0.633. The number of rotatable bonds is 6. The van der Waals surface area contributed by atoms with Gasteiger partial charge in [-0.3, -0.25) is 4.79 Å². The van der Waals surface area contributed by atoms with Crippen LogP contribution in [0, 0.1) is 11.6 Å². The van der Waals surface area contributed by atoms with Crippen molar-refractivity contribution in [1.82, 2.24) is 10.6 Å². The number of hydrogen-bond acceptors (Lipinski definition) is 2. The maximum atomic E-state index is 13.6. The predicted octanol–water partition coefficient (Wildman–Crippen LogP) is 3.59. The smallest absolute Gasteiger partial charge is 0.234 e. The van der Waals surface area contributed by atoms with Gasteiger partial charge in [-0.25, -0.2) is 8.78 Å². The second-order valence-corrected chi connectivity index (χ2v) is 5.61. The van der Waals surface area contributed by atoms with E-state index in [-0.39, 0.29) is 12.5 Å². The third-order valence-electron chi connectivity index (χ3n) is 3.40. The summed E-state index contributed by atoms with van der Waals surface area (Å²) < 4.78 is 26.5. The van der Waals surface area contributed by atoms with E-state index in [1.807, 2.05) is 12.1 Å². The molecule has 0 fully saturated rings. The molecule has 0 radical (unpaired) electrons. The van der Waals surface area contributed by atoms with Crippen LogP contribution in [0.3, 0.4) is 0 Å². The van der Waals surface area contributed by atoms with Crippen LogP contribution >= 0.6 is 11.6 Å². The summed E-state index contributed by atoms with van der Waals surface area (Å²) in [4.78, 5) is 11.8. The van der Waals surface area contributed by atoms with Crippen molar-refractivity contribution in [2.75, 3.05) is 6.54 Å². The first-order valence-electron chi connectivity index (χ1n) is 7.15. The Kier molecular flexibility index (Phi) is 6.07. The lowest BCUT2D eigenvalue weighted by Crippen LogP contribution is -2.34. The first kappa shape index (κ1) is 17.4. The molecule has 0 aliphatic rings. The van der Waals surface area contributed by atoms with Gasteiger partial charge in [0, 0.05) is 29.2 Å². The van der Waals surface area contributed by atoms with Crippen molar-refractivity contribution in [3.8, 4) is 0 Å². The van der Waals surface area contributed by atoms with Crippen molar-refractivity contribution < 1.29 is 13.6 Å². The van der Waals surface area contributed by atoms with Crippen LogP contribution in [0.25, 0.3) is 0 Å². The monoisotopic (exact) mass is 338 g/mol. The normalized spacial score (nSPS) is 12.0. The van der Waals surface area contributed by atoms with Gasteiger partial charge in [0.2, 0.25) is 5.91 Å². The molecular weight excluding hydrogens is 322 g/mol. The first-order valence-corrected chi connectivity index (χ1v) is 7.53. The van der Waals surface area contributed by atoms with Gasteiger partial charge in [-0.15, -0.1) is 0 Å². The molecule has 2 aromatic rings. The summed E-state index contributed by atoms with van der Waals surface area (Å²) in [5.41, 5.74) is 1.25. The lowest BCUT2D eigenvalue weighted by Gasteiger charge is -2.15. The van der Waals surface area contributed by atoms with Gasteiger partial charge in [0.25, 0.3) is 0 Å². The molecule has 6 heteroatoms. The lowest BCUT2D eigenvalue weighted by atomic mass is 10.1. The number of amides is 1. The molecule has 0 heterocycles. The number of benzene rings is 2. The van der Waals surface area contributed by atoms with Crippen molar-refractivity contribution in [3.63, 3.8) is 0 Å². The second-order valence-electron chi connectivity index (χ2n) is 5.17. The third-order valence-corrected chi connectivity index (χ3v) is 3.65. The zero-order chi connectivity index (χ0) is 16.8. The zero-order valence-electron chi connectivity index (χ0n) is 12.6. The van der Waals surface area contributed by atoms with Crippen molar-refractivity contribution in [2.45, 2.75) is 19.5 Å². The summed E-state index contributed by atoms with van der Waals surface area (Å²) in [5, 5.41) is 6.30. The molecule has 2 N–H and O–H groups in total. The molecule has 2 aromatic carbocycles. The van der Waals surface area contributed by atoms with Crippen LogP contribution in [0.2, 0.25) is 5.02 Å². The second kappa shape index (κ2) is 8.04. The van der Waals surface area contributed by atoms with Crippen LogP contribution in [0.15, 0.2) is 42.5 Å². The minimum absolute atomic E-state index is 0.0333. The number of nitrogens with one attached hydrogen (secondary N) is 2. The van der Waals surface area contributed by atoms with Crippen LogP contribution in [-0.4, -0.2) is 12.5 Å². The average molecular weight is 339 g/mol. The largest absolute Gasteiger partial charge is 0.351 e. The predicted molar refractivity (Wildman–Crippen MR) is 86.1 cm³/mol. The van der Waals surface area contributed by atoms with Crippen molar-refractivity contribution in [2.24, 2.45) is 0 Å². The molecule has 0 aliphatic heterocycles. The van der Waals surface area contributed by atoms with Gasteiger partial charge in [-0.1, -0.05) is 29.8 Å². The minimum Gasteiger partial charge on any atom is -0.351 e. The Balaban J connectivity index is 1.80. The molecular formula is C17H17ClF2N2O. The quantitative estimate of drug-likeness (QED) is 0.845. The van der Waals surface area contributed by atoms with E-state index in [1.54, 1.807) is 19.1 Å². The molecule has 3 nitrogen and oxygen atoms in total. The van der Waals surface area contributed by atoms with Crippen molar-refractivity contribution in [1.29, 1.82) is 0 Å². The Labute approximate surface area is 138 Å². The highest BCUT2D eigenvalue weighted by Gasteiger charge is 2.12. The fourth-order valence-electron chi connectivity index (χ4n) is 2.07. The summed E-state index contributed by atoms with van der Waals surface area (Å²) in [6.07, 6.45) is 0. The van der Waals surface area contributed by atoms with E-state index in [0.717, 1.165) is 11.6 Å². The summed E-state index contributed by atoms with van der Waals surface area (Å²) in [7, 11) is 0. The summed E-state index contributed by atoms with van der Waals surface area (Å²) in [5.74, 6) is -1.47. The van der Waals surface area contributed by atoms with E-state index in [1.165, 1.54) is 12.1 Å². The van der Waals surface area contributed by atoms with Gasteiger partial charge in [0.15, 0.2) is 0 Å². The molecule has 1 atom stereocenters. The summed E-state index contributed by atoms with van der Waals surface area (Å²) in [6, 6.07) is 10.1. The third kappa shape index (κ3) is 5.30. The van der Waals surface area contributed by atoms with Crippen molar-refractivity contribution >= 4 is 17.5 Å². The Hall–Kier alpha value is -1.98. The van der Waals surface area contributed by atoms with E-state index < -0.39 is 17.7 Å². The molecule has 23 heavy (non-hydrogen) atoms.